The molecule has 3 N–H and O–H groups in total. The van der Waals surface area contributed by atoms with E-state index in [0.717, 1.165) is 0 Å². The Balaban J connectivity index is 2.98. The van der Waals surface area contributed by atoms with Gasteiger partial charge in [0.05, 0.1) is 7.11 Å². The molecule has 0 aromatic carbocycles. The third-order valence-electron chi connectivity index (χ3n) is 1.57. The fourth-order valence-electron chi connectivity index (χ4n) is 0.929. The lowest BCUT2D eigenvalue weighted by Crippen LogP contribution is -2.14. The highest BCUT2D eigenvalue weighted by molar-refractivity contribution is 5.98. The molecule has 1 aromatic rings. The minimum Gasteiger partial charge on any atom is -0.477 e. The number of carboxylic acid groups (broad SMARTS) is 1. The van der Waals surface area contributed by atoms with Gasteiger partial charge in [0.15, 0.2) is 5.82 Å². The van der Waals surface area contributed by atoms with Crippen molar-refractivity contribution in [3.8, 4) is 0 Å². The lowest BCUT2D eigenvalue weighted by Gasteiger charge is -2.00. The van der Waals surface area contributed by atoms with Gasteiger partial charge in [-0.2, -0.15) is 5.10 Å². The van der Waals surface area contributed by atoms with Crippen LogP contribution in [0.1, 0.15) is 16.1 Å². The first-order valence-electron chi connectivity index (χ1n) is 3.69. The molecular weight excluding hydrogens is 190 g/mol. The summed E-state index contributed by atoms with van der Waals surface area (Å²) in [4.78, 5) is 21.5. The van der Waals surface area contributed by atoms with Crippen molar-refractivity contribution in [2.75, 3.05) is 12.4 Å². The van der Waals surface area contributed by atoms with Gasteiger partial charge in [-0.25, -0.2) is 9.59 Å². The van der Waals surface area contributed by atoms with Gasteiger partial charge in [-0.1, -0.05) is 0 Å². The Kier molecular flexibility index (Phi) is 2.70. The zero-order chi connectivity index (χ0) is 10.7. The Labute approximate surface area is 79.1 Å². The number of hydrogen-bond donors (Lipinski definition) is 3. The summed E-state index contributed by atoms with van der Waals surface area (Å²) in [5.41, 5.74) is 0.291. The minimum atomic E-state index is -1.16. The molecule has 7 nitrogen and oxygen atoms in total. The second kappa shape index (κ2) is 3.77. The first-order chi connectivity index (χ1) is 6.56. The molecule has 1 rings (SSSR count). The maximum atomic E-state index is 10.8. The second-order valence-corrected chi connectivity index (χ2v) is 2.49. The van der Waals surface area contributed by atoms with Crippen molar-refractivity contribution in [2.45, 2.75) is 6.92 Å². The van der Waals surface area contributed by atoms with Crippen LogP contribution < -0.4 is 5.32 Å². The number of amides is 1. The zero-order valence-corrected chi connectivity index (χ0v) is 7.62. The molecule has 0 aliphatic rings. The van der Waals surface area contributed by atoms with Crippen molar-refractivity contribution in [1.29, 1.82) is 0 Å². The van der Waals surface area contributed by atoms with E-state index in [1.165, 1.54) is 7.11 Å². The summed E-state index contributed by atoms with van der Waals surface area (Å²) < 4.78 is 4.30. The highest BCUT2D eigenvalue weighted by Crippen LogP contribution is 2.15. The van der Waals surface area contributed by atoms with E-state index in [0.29, 0.717) is 5.69 Å². The van der Waals surface area contributed by atoms with Crippen molar-refractivity contribution >= 4 is 17.9 Å². The summed E-state index contributed by atoms with van der Waals surface area (Å²) in [7, 11) is 1.18. The largest absolute Gasteiger partial charge is 0.477 e. The summed E-state index contributed by atoms with van der Waals surface area (Å²) in [6.45, 7) is 1.54. The first-order valence-corrected chi connectivity index (χ1v) is 3.69. The maximum Gasteiger partial charge on any atom is 0.412 e. The Morgan fingerprint density at radius 2 is 2.21 bits per heavy atom. The van der Waals surface area contributed by atoms with Gasteiger partial charge in [-0.15, -0.1) is 0 Å². The zero-order valence-electron chi connectivity index (χ0n) is 7.62. The van der Waals surface area contributed by atoms with Crippen LogP contribution in [0.15, 0.2) is 0 Å². The molecule has 0 saturated carbocycles. The van der Waals surface area contributed by atoms with Crippen molar-refractivity contribution in [3.05, 3.63) is 11.3 Å². The van der Waals surface area contributed by atoms with E-state index in [1.807, 2.05) is 0 Å². The Morgan fingerprint density at radius 1 is 1.57 bits per heavy atom. The molecular formula is C7H9N3O4. The lowest BCUT2D eigenvalue weighted by molar-refractivity contribution is 0.0697. The van der Waals surface area contributed by atoms with E-state index in [1.54, 1.807) is 6.92 Å². The van der Waals surface area contributed by atoms with E-state index >= 15 is 0 Å². The van der Waals surface area contributed by atoms with Gasteiger partial charge in [0.2, 0.25) is 0 Å². The molecule has 0 unspecified atom stereocenters. The van der Waals surface area contributed by atoms with E-state index in [9.17, 15) is 9.59 Å². The van der Waals surface area contributed by atoms with Crippen LogP contribution in [0.4, 0.5) is 10.6 Å². The number of rotatable bonds is 2. The molecule has 76 valence electrons. The minimum absolute atomic E-state index is 0.0538. The number of aromatic amines is 1. The van der Waals surface area contributed by atoms with Crippen molar-refractivity contribution in [1.82, 2.24) is 10.2 Å². The molecule has 0 aliphatic heterocycles. The van der Waals surface area contributed by atoms with Crippen LogP contribution in [0.5, 0.6) is 0 Å². The standard InChI is InChI=1S/C7H9N3O4/c1-3-4(6(11)12)5(10-9-3)8-7(13)14-2/h1-2H3,(H,11,12)(H2,8,9,10,13). The van der Waals surface area contributed by atoms with Crippen LogP contribution in [-0.4, -0.2) is 34.5 Å². The summed E-state index contributed by atoms with van der Waals surface area (Å²) in [5, 5.41) is 17.0. The Bertz CT molecular complexity index is 371. The van der Waals surface area contributed by atoms with Crippen LogP contribution in [0.25, 0.3) is 0 Å². The third kappa shape index (κ3) is 1.82. The first kappa shape index (κ1) is 10.0. The fraction of sp³-hybridized carbons (Fsp3) is 0.286. The average Bonchev–Trinajstić information content (AvgIpc) is 2.46. The summed E-state index contributed by atoms with van der Waals surface area (Å²) in [5.74, 6) is -1.22. The predicted molar refractivity (Wildman–Crippen MR) is 46.3 cm³/mol. The number of carbonyl (C=O) groups excluding carboxylic acids is 1. The summed E-state index contributed by atoms with van der Waals surface area (Å²) >= 11 is 0. The molecule has 0 spiro atoms. The van der Waals surface area contributed by atoms with Gasteiger partial charge in [-0.3, -0.25) is 10.4 Å². The van der Waals surface area contributed by atoms with Crippen LogP contribution in [-0.2, 0) is 4.74 Å². The topological polar surface area (TPSA) is 104 Å². The van der Waals surface area contributed by atoms with Crippen molar-refractivity contribution < 1.29 is 19.4 Å². The van der Waals surface area contributed by atoms with Gasteiger partial charge in [0, 0.05) is 5.69 Å². The van der Waals surface area contributed by atoms with Gasteiger partial charge >= 0.3 is 12.1 Å². The smallest absolute Gasteiger partial charge is 0.412 e. The quantitative estimate of drug-likeness (QED) is 0.646. The normalized spacial score (nSPS) is 9.57. The maximum absolute atomic E-state index is 10.8. The Hall–Kier alpha value is -2.05. The molecule has 0 atom stereocenters. The summed E-state index contributed by atoms with van der Waals surface area (Å²) in [6, 6.07) is 0. The number of nitrogens with zero attached hydrogens (tertiary/aromatic N) is 1. The SMILES string of the molecule is COC(=O)Nc1n[nH]c(C)c1C(=O)O. The molecule has 0 aliphatic carbocycles. The van der Waals surface area contributed by atoms with Crippen molar-refractivity contribution in [3.63, 3.8) is 0 Å². The lowest BCUT2D eigenvalue weighted by atomic mass is 10.2. The number of carbonyl (C=O) groups is 2. The average molecular weight is 199 g/mol. The van der Waals surface area contributed by atoms with E-state index in [2.05, 4.69) is 20.3 Å². The van der Waals surface area contributed by atoms with E-state index in [-0.39, 0.29) is 11.4 Å². The molecule has 0 radical (unpaired) electrons. The monoisotopic (exact) mass is 199 g/mol. The fourth-order valence-corrected chi connectivity index (χ4v) is 0.929. The number of aromatic carboxylic acids is 1. The molecule has 0 bridgehead atoms. The van der Waals surface area contributed by atoms with E-state index in [4.69, 9.17) is 5.11 Å². The molecule has 1 amide bonds. The van der Waals surface area contributed by atoms with Crippen molar-refractivity contribution in [2.24, 2.45) is 0 Å². The number of hydrogen-bond acceptors (Lipinski definition) is 4. The molecule has 1 aromatic heterocycles. The number of ether oxygens (including phenoxy) is 1. The number of carboxylic acids is 1. The van der Waals surface area contributed by atoms with Crippen LogP contribution in [0.2, 0.25) is 0 Å². The predicted octanol–water partition coefficient (Wildman–Crippen LogP) is 0.595. The number of aryl methyl sites for hydroxylation is 1. The van der Waals surface area contributed by atoms with Crippen LogP contribution in [0.3, 0.4) is 0 Å². The number of nitrogens with one attached hydrogen (secondary N) is 2. The van der Waals surface area contributed by atoms with Gasteiger partial charge in [0.1, 0.15) is 5.56 Å². The van der Waals surface area contributed by atoms with Crippen LogP contribution in [0, 0.1) is 6.92 Å². The third-order valence-corrected chi connectivity index (χ3v) is 1.57. The number of H-pyrrole nitrogens is 1. The number of anilines is 1. The molecule has 1 heterocycles. The molecule has 0 fully saturated rings. The van der Waals surface area contributed by atoms with Crippen LogP contribution >= 0.6 is 0 Å². The second-order valence-electron chi connectivity index (χ2n) is 2.49. The number of aromatic nitrogens is 2. The molecule has 0 saturated heterocycles. The van der Waals surface area contributed by atoms with Gasteiger partial charge < -0.3 is 9.84 Å². The Morgan fingerprint density at radius 3 is 2.71 bits per heavy atom. The van der Waals surface area contributed by atoms with E-state index < -0.39 is 12.1 Å². The van der Waals surface area contributed by atoms with Gasteiger partial charge in [-0.05, 0) is 6.92 Å². The number of methoxy groups -OCH3 is 1. The van der Waals surface area contributed by atoms with Gasteiger partial charge in [0.25, 0.3) is 0 Å². The molecule has 7 heteroatoms. The molecule has 14 heavy (non-hydrogen) atoms. The highest BCUT2D eigenvalue weighted by atomic mass is 16.5. The highest BCUT2D eigenvalue weighted by Gasteiger charge is 2.18. The summed E-state index contributed by atoms with van der Waals surface area (Å²) in [6.07, 6.45) is -0.765.